The molecule has 1 aromatic heterocycles. The topological polar surface area (TPSA) is 96.2 Å². The number of nitrogens with zero attached hydrogens (tertiary/aromatic N) is 2. The summed E-state index contributed by atoms with van der Waals surface area (Å²) in [4.78, 5) is 27.5. The second-order valence-corrected chi connectivity index (χ2v) is 6.95. The van der Waals surface area contributed by atoms with Crippen molar-refractivity contribution in [3.8, 4) is 0 Å². The molecule has 0 aliphatic heterocycles. The molecule has 1 aromatic carbocycles. The Balaban J connectivity index is 2.01. The van der Waals surface area contributed by atoms with E-state index in [4.69, 9.17) is 0 Å². The zero-order chi connectivity index (χ0) is 21.8. The minimum Gasteiger partial charge on any atom is -0.374 e. The number of amides is 2. The number of halogens is 3. The molecule has 0 aliphatic rings. The van der Waals surface area contributed by atoms with Gasteiger partial charge in [-0.05, 0) is 24.3 Å². The second kappa shape index (κ2) is 8.64. The molecule has 1 atom stereocenters. The Hall–Kier alpha value is -2.88. The van der Waals surface area contributed by atoms with Crippen molar-refractivity contribution in [3.63, 3.8) is 0 Å². The molecule has 1 heterocycles. The molecule has 0 aliphatic carbocycles. The smallest absolute Gasteiger partial charge is 0.374 e. The van der Waals surface area contributed by atoms with Crippen LogP contribution in [-0.4, -0.2) is 39.2 Å². The molecule has 0 saturated heterocycles. The van der Waals surface area contributed by atoms with E-state index in [0.29, 0.717) is 5.69 Å². The highest BCUT2D eigenvalue weighted by Crippen LogP contribution is 2.40. The van der Waals surface area contributed by atoms with Gasteiger partial charge in [-0.3, -0.25) is 9.59 Å². The van der Waals surface area contributed by atoms with E-state index < -0.39 is 36.5 Å². The lowest BCUT2D eigenvalue weighted by Crippen LogP contribution is -2.46. The molecule has 0 spiro atoms. The first-order valence-corrected chi connectivity index (χ1v) is 8.91. The minimum atomic E-state index is -4.97. The van der Waals surface area contributed by atoms with E-state index >= 15 is 0 Å². The van der Waals surface area contributed by atoms with Gasteiger partial charge in [0.25, 0.3) is 5.91 Å². The average Bonchev–Trinajstić information content (AvgIpc) is 3.07. The summed E-state index contributed by atoms with van der Waals surface area (Å²) in [6.45, 7) is 3.06. The summed E-state index contributed by atoms with van der Waals surface area (Å²) in [7, 11) is 1.34. The van der Waals surface area contributed by atoms with E-state index in [2.05, 4.69) is 15.6 Å². The average molecular weight is 412 g/mol. The lowest BCUT2D eigenvalue weighted by Gasteiger charge is -2.30. The van der Waals surface area contributed by atoms with Crippen molar-refractivity contribution in [2.24, 2.45) is 13.0 Å². The Labute approximate surface area is 165 Å². The first kappa shape index (κ1) is 22.4. The number of imidazole rings is 1. The van der Waals surface area contributed by atoms with Gasteiger partial charge in [-0.25, -0.2) is 4.98 Å². The van der Waals surface area contributed by atoms with Crippen LogP contribution in [0.1, 0.15) is 36.5 Å². The highest BCUT2D eigenvalue weighted by atomic mass is 19.4. The Morgan fingerprint density at radius 1 is 1.21 bits per heavy atom. The molecule has 7 nitrogen and oxygen atoms in total. The summed E-state index contributed by atoms with van der Waals surface area (Å²) in [5.41, 5.74) is -2.48. The number of alkyl halides is 3. The first-order chi connectivity index (χ1) is 13.5. The number of hydrogen-bond donors (Lipinski definition) is 3. The number of aromatic nitrogens is 2. The zero-order valence-corrected chi connectivity index (χ0v) is 16.2. The van der Waals surface area contributed by atoms with Gasteiger partial charge < -0.3 is 20.3 Å². The Morgan fingerprint density at radius 2 is 1.83 bits per heavy atom. The van der Waals surface area contributed by atoms with Crippen LogP contribution in [0.2, 0.25) is 0 Å². The molecular formula is C19H23F3N4O3. The third-order valence-corrected chi connectivity index (χ3v) is 4.37. The number of anilines is 1. The molecule has 29 heavy (non-hydrogen) atoms. The predicted molar refractivity (Wildman–Crippen MR) is 100 cm³/mol. The predicted octanol–water partition coefficient (Wildman–Crippen LogP) is 2.58. The van der Waals surface area contributed by atoms with Gasteiger partial charge in [0.2, 0.25) is 11.5 Å². The molecule has 2 amide bonds. The van der Waals surface area contributed by atoms with E-state index in [9.17, 15) is 27.9 Å². The SMILES string of the molecule is CC(C)C(=O)Nc1ccc(C(=O)NCCC(O)(c2nccn2C)C(F)(F)F)cc1. The molecule has 0 fully saturated rings. The molecule has 2 rings (SSSR count). The fourth-order valence-electron chi connectivity index (χ4n) is 2.59. The van der Waals surface area contributed by atoms with E-state index in [-0.39, 0.29) is 17.4 Å². The molecule has 158 valence electrons. The molecule has 0 bridgehead atoms. The standard InChI is InChI=1S/C19H23F3N4O3/c1-12(2)15(27)25-14-6-4-13(5-7-14)16(28)23-9-8-18(29,19(20,21)22)17-24-10-11-26(17)3/h4-7,10-12,29H,8-9H2,1-3H3,(H,23,28)(H,25,27). The van der Waals surface area contributed by atoms with Crippen LogP contribution in [0, 0.1) is 5.92 Å². The number of aliphatic hydroxyl groups is 1. The lowest BCUT2D eigenvalue weighted by molar-refractivity contribution is -0.272. The highest BCUT2D eigenvalue weighted by molar-refractivity contribution is 5.96. The lowest BCUT2D eigenvalue weighted by atomic mass is 9.97. The molecule has 2 aromatic rings. The summed E-state index contributed by atoms with van der Waals surface area (Å²) >= 11 is 0. The number of rotatable bonds is 7. The van der Waals surface area contributed by atoms with E-state index in [1.165, 1.54) is 37.5 Å². The van der Waals surface area contributed by atoms with Gasteiger partial charge in [0.1, 0.15) is 5.82 Å². The van der Waals surface area contributed by atoms with Gasteiger partial charge in [-0.2, -0.15) is 13.2 Å². The zero-order valence-electron chi connectivity index (χ0n) is 16.2. The van der Waals surface area contributed by atoms with Crippen LogP contribution in [-0.2, 0) is 17.4 Å². The van der Waals surface area contributed by atoms with Crippen LogP contribution in [0.4, 0.5) is 18.9 Å². The Morgan fingerprint density at radius 3 is 2.31 bits per heavy atom. The maximum atomic E-state index is 13.4. The van der Waals surface area contributed by atoms with Crippen LogP contribution in [0.15, 0.2) is 36.7 Å². The van der Waals surface area contributed by atoms with Crippen molar-refractivity contribution in [2.75, 3.05) is 11.9 Å². The van der Waals surface area contributed by atoms with Crippen molar-refractivity contribution >= 4 is 17.5 Å². The fraction of sp³-hybridized carbons (Fsp3) is 0.421. The second-order valence-electron chi connectivity index (χ2n) is 6.95. The van der Waals surface area contributed by atoms with E-state index in [1.807, 2.05) is 0 Å². The Kier molecular flexibility index (Phi) is 6.68. The van der Waals surface area contributed by atoms with Crippen molar-refractivity contribution in [2.45, 2.75) is 32.0 Å². The molecule has 1 unspecified atom stereocenters. The number of carbonyl (C=O) groups is 2. The number of hydrogen-bond acceptors (Lipinski definition) is 4. The molecule has 0 saturated carbocycles. The monoisotopic (exact) mass is 412 g/mol. The molecule has 0 radical (unpaired) electrons. The van der Waals surface area contributed by atoms with Crippen molar-refractivity contribution < 1.29 is 27.9 Å². The molecular weight excluding hydrogens is 389 g/mol. The summed E-state index contributed by atoms with van der Waals surface area (Å²) in [6, 6.07) is 5.93. The maximum Gasteiger partial charge on any atom is 0.424 e. The normalized spacial score (nSPS) is 13.8. The van der Waals surface area contributed by atoms with Gasteiger partial charge in [0.15, 0.2) is 0 Å². The van der Waals surface area contributed by atoms with E-state index in [1.54, 1.807) is 13.8 Å². The van der Waals surface area contributed by atoms with Crippen LogP contribution in [0.5, 0.6) is 0 Å². The molecule has 10 heteroatoms. The third kappa shape index (κ3) is 5.14. The minimum absolute atomic E-state index is 0.178. The van der Waals surface area contributed by atoms with Crippen LogP contribution in [0.3, 0.4) is 0 Å². The number of nitrogens with one attached hydrogen (secondary N) is 2. The largest absolute Gasteiger partial charge is 0.424 e. The quantitative estimate of drug-likeness (QED) is 0.651. The van der Waals surface area contributed by atoms with Crippen LogP contribution >= 0.6 is 0 Å². The van der Waals surface area contributed by atoms with Gasteiger partial charge in [0.05, 0.1) is 0 Å². The summed E-state index contributed by atoms with van der Waals surface area (Å²) < 4.78 is 41.4. The molecule has 3 N–H and O–H groups in total. The summed E-state index contributed by atoms with van der Waals surface area (Å²) in [5.74, 6) is -1.53. The maximum absolute atomic E-state index is 13.4. The highest BCUT2D eigenvalue weighted by Gasteiger charge is 2.57. The summed E-state index contributed by atoms with van der Waals surface area (Å²) in [5, 5.41) is 15.3. The van der Waals surface area contributed by atoms with Gasteiger partial charge in [-0.15, -0.1) is 0 Å². The first-order valence-electron chi connectivity index (χ1n) is 8.91. The van der Waals surface area contributed by atoms with Crippen LogP contribution < -0.4 is 10.6 Å². The number of benzene rings is 1. The van der Waals surface area contributed by atoms with Crippen molar-refractivity contribution in [3.05, 3.63) is 48.0 Å². The fourth-order valence-corrected chi connectivity index (χ4v) is 2.59. The van der Waals surface area contributed by atoms with Crippen LogP contribution in [0.25, 0.3) is 0 Å². The van der Waals surface area contributed by atoms with Gasteiger partial charge >= 0.3 is 6.18 Å². The number of aryl methyl sites for hydroxylation is 1. The third-order valence-electron chi connectivity index (χ3n) is 4.37. The van der Waals surface area contributed by atoms with Crippen molar-refractivity contribution in [1.82, 2.24) is 14.9 Å². The van der Waals surface area contributed by atoms with E-state index in [0.717, 1.165) is 10.8 Å². The Bertz CT molecular complexity index is 862. The summed E-state index contributed by atoms with van der Waals surface area (Å²) in [6.07, 6.45) is -3.31. The van der Waals surface area contributed by atoms with Gasteiger partial charge in [-0.1, -0.05) is 13.8 Å². The number of carbonyl (C=O) groups excluding carboxylic acids is 2. The van der Waals surface area contributed by atoms with Crippen molar-refractivity contribution in [1.29, 1.82) is 0 Å². The van der Waals surface area contributed by atoms with Gasteiger partial charge in [0, 0.05) is 49.6 Å².